The minimum atomic E-state index is 0.340. The molecule has 0 N–H and O–H groups in total. The van der Waals surface area contributed by atoms with Gasteiger partial charge in [0.15, 0.2) is 0 Å². The predicted octanol–water partition coefficient (Wildman–Crippen LogP) is 3.62. The smallest absolute Gasteiger partial charge is 0.222 e. The lowest BCUT2D eigenvalue weighted by Gasteiger charge is -2.36. The first-order chi connectivity index (χ1) is 14.3. The van der Waals surface area contributed by atoms with E-state index in [1.807, 2.05) is 12.1 Å². The molecule has 3 heterocycles. The average Bonchev–Trinajstić information content (AvgIpc) is 3.27. The molecule has 156 valence electrons. The van der Waals surface area contributed by atoms with Crippen LogP contribution >= 0.6 is 0 Å². The van der Waals surface area contributed by atoms with Crippen LogP contribution in [0.1, 0.15) is 37.0 Å². The third-order valence-corrected chi connectivity index (χ3v) is 6.30. The molecule has 2 aliphatic heterocycles. The van der Waals surface area contributed by atoms with Gasteiger partial charge in [-0.05, 0) is 49.4 Å². The van der Waals surface area contributed by atoms with Crippen LogP contribution in [0.5, 0.6) is 0 Å². The van der Waals surface area contributed by atoms with Gasteiger partial charge >= 0.3 is 0 Å². The van der Waals surface area contributed by atoms with E-state index in [1.165, 1.54) is 18.4 Å². The van der Waals surface area contributed by atoms with Crippen LogP contribution in [-0.4, -0.2) is 59.9 Å². The van der Waals surface area contributed by atoms with Gasteiger partial charge in [-0.25, -0.2) is 0 Å². The van der Waals surface area contributed by atoms with Crippen molar-refractivity contribution in [1.82, 2.24) is 14.7 Å². The standard InChI is InChI=1S/C24H33N3O2/c28-24(27-15-13-25(14-16-27)18-21-6-2-1-3-7-21)11-10-22-8-4-12-26(19-22)20-23-9-5-17-29-23/h1-3,5-7,9,17,22H,4,8,10-16,18-20H2/t22-/m1/s1. The van der Waals surface area contributed by atoms with Crippen LogP contribution in [0.3, 0.4) is 0 Å². The molecule has 1 atom stereocenters. The summed E-state index contributed by atoms with van der Waals surface area (Å²) in [5.74, 6) is 2.00. The van der Waals surface area contributed by atoms with Crippen molar-refractivity contribution >= 4 is 5.91 Å². The van der Waals surface area contributed by atoms with Crippen LogP contribution in [0.2, 0.25) is 0 Å². The zero-order chi connectivity index (χ0) is 19.9. The number of piperidine rings is 1. The number of carbonyl (C=O) groups excluding carboxylic acids is 1. The SMILES string of the molecule is O=C(CC[C@H]1CCCN(Cc2ccco2)C1)N1CCN(Cc2ccccc2)CC1. The van der Waals surface area contributed by atoms with Crippen LogP contribution in [-0.2, 0) is 17.9 Å². The van der Waals surface area contributed by atoms with Crippen LogP contribution in [0.25, 0.3) is 0 Å². The van der Waals surface area contributed by atoms with Gasteiger partial charge in [0, 0.05) is 45.7 Å². The monoisotopic (exact) mass is 395 g/mol. The van der Waals surface area contributed by atoms with E-state index in [0.717, 1.165) is 64.5 Å². The van der Waals surface area contributed by atoms with E-state index >= 15 is 0 Å². The van der Waals surface area contributed by atoms with E-state index in [2.05, 4.69) is 45.0 Å². The van der Waals surface area contributed by atoms with Crippen molar-refractivity contribution in [1.29, 1.82) is 0 Å². The van der Waals surface area contributed by atoms with E-state index in [1.54, 1.807) is 6.26 Å². The lowest BCUT2D eigenvalue weighted by molar-refractivity contribution is -0.133. The van der Waals surface area contributed by atoms with Crippen molar-refractivity contribution in [2.24, 2.45) is 5.92 Å². The highest BCUT2D eigenvalue weighted by atomic mass is 16.3. The molecule has 2 aromatic rings. The maximum Gasteiger partial charge on any atom is 0.222 e. The van der Waals surface area contributed by atoms with E-state index < -0.39 is 0 Å². The summed E-state index contributed by atoms with van der Waals surface area (Å²) in [6, 6.07) is 14.6. The fourth-order valence-electron chi connectivity index (χ4n) is 4.64. The Labute approximate surface area is 174 Å². The molecule has 2 aliphatic rings. The second kappa shape index (κ2) is 10.1. The molecule has 4 rings (SSSR count). The largest absolute Gasteiger partial charge is 0.468 e. The highest BCUT2D eigenvalue weighted by molar-refractivity contribution is 5.76. The third kappa shape index (κ3) is 5.94. The summed E-state index contributed by atoms with van der Waals surface area (Å²) >= 11 is 0. The molecule has 0 bridgehead atoms. The van der Waals surface area contributed by atoms with Crippen LogP contribution in [0.15, 0.2) is 53.1 Å². The number of amides is 1. The number of benzene rings is 1. The van der Waals surface area contributed by atoms with E-state index in [4.69, 9.17) is 4.42 Å². The summed E-state index contributed by atoms with van der Waals surface area (Å²) in [5.41, 5.74) is 1.35. The Morgan fingerprint density at radius 2 is 1.76 bits per heavy atom. The van der Waals surface area contributed by atoms with Crippen molar-refractivity contribution in [2.45, 2.75) is 38.8 Å². The van der Waals surface area contributed by atoms with E-state index in [-0.39, 0.29) is 0 Å². The molecule has 1 aromatic heterocycles. The average molecular weight is 396 g/mol. The van der Waals surface area contributed by atoms with Crippen LogP contribution in [0, 0.1) is 5.92 Å². The fourth-order valence-corrected chi connectivity index (χ4v) is 4.64. The molecule has 1 amide bonds. The summed E-state index contributed by atoms with van der Waals surface area (Å²) in [7, 11) is 0. The third-order valence-electron chi connectivity index (χ3n) is 6.30. The predicted molar refractivity (Wildman–Crippen MR) is 114 cm³/mol. The zero-order valence-corrected chi connectivity index (χ0v) is 17.3. The molecule has 0 unspecified atom stereocenters. The molecule has 29 heavy (non-hydrogen) atoms. The van der Waals surface area contributed by atoms with Gasteiger partial charge in [0.05, 0.1) is 12.8 Å². The number of furan rings is 1. The van der Waals surface area contributed by atoms with Gasteiger partial charge in [-0.1, -0.05) is 30.3 Å². The van der Waals surface area contributed by atoms with Gasteiger partial charge in [0.1, 0.15) is 5.76 Å². The number of piperazine rings is 1. The normalized spacial score (nSPS) is 21.4. The first-order valence-electron chi connectivity index (χ1n) is 11.0. The highest BCUT2D eigenvalue weighted by Gasteiger charge is 2.24. The first-order valence-corrected chi connectivity index (χ1v) is 11.0. The Hall–Kier alpha value is -2.11. The molecule has 5 heteroatoms. The highest BCUT2D eigenvalue weighted by Crippen LogP contribution is 2.23. The molecule has 2 saturated heterocycles. The van der Waals surface area contributed by atoms with E-state index in [0.29, 0.717) is 18.2 Å². The van der Waals surface area contributed by atoms with Crippen molar-refractivity contribution in [3.63, 3.8) is 0 Å². The van der Waals surface area contributed by atoms with Gasteiger partial charge in [-0.2, -0.15) is 0 Å². The molecule has 5 nitrogen and oxygen atoms in total. The Morgan fingerprint density at radius 3 is 2.52 bits per heavy atom. The summed E-state index contributed by atoms with van der Waals surface area (Å²) in [4.78, 5) is 19.7. The van der Waals surface area contributed by atoms with Crippen LogP contribution in [0.4, 0.5) is 0 Å². The second-order valence-electron chi connectivity index (χ2n) is 8.50. The number of likely N-dealkylation sites (tertiary alicyclic amines) is 1. The zero-order valence-electron chi connectivity index (χ0n) is 17.3. The quantitative estimate of drug-likeness (QED) is 0.718. The topological polar surface area (TPSA) is 39.9 Å². The van der Waals surface area contributed by atoms with Gasteiger partial charge in [-0.15, -0.1) is 0 Å². The van der Waals surface area contributed by atoms with E-state index in [9.17, 15) is 4.79 Å². The lowest BCUT2D eigenvalue weighted by atomic mass is 9.93. The van der Waals surface area contributed by atoms with Gasteiger partial charge in [0.25, 0.3) is 0 Å². The molecular weight excluding hydrogens is 362 g/mol. The van der Waals surface area contributed by atoms with Crippen molar-refractivity contribution in [3.8, 4) is 0 Å². The fraction of sp³-hybridized carbons (Fsp3) is 0.542. The first kappa shape index (κ1) is 20.2. The van der Waals surface area contributed by atoms with Crippen molar-refractivity contribution in [3.05, 3.63) is 60.1 Å². The van der Waals surface area contributed by atoms with Gasteiger partial charge in [-0.3, -0.25) is 14.6 Å². The number of carbonyl (C=O) groups is 1. The molecule has 0 aliphatic carbocycles. The number of nitrogens with zero attached hydrogens (tertiary/aromatic N) is 3. The summed E-state index contributed by atoms with van der Waals surface area (Å²) < 4.78 is 5.49. The van der Waals surface area contributed by atoms with Crippen molar-refractivity contribution < 1.29 is 9.21 Å². The molecule has 1 aromatic carbocycles. The molecular formula is C24H33N3O2. The Bertz CT molecular complexity index is 739. The number of hydrogen-bond donors (Lipinski definition) is 0. The maximum atomic E-state index is 12.7. The minimum absolute atomic E-state index is 0.340. The van der Waals surface area contributed by atoms with Crippen molar-refractivity contribution in [2.75, 3.05) is 39.3 Å². The Morgan fingerprint density at radius 1 is 0.931 bits per heavy atom. The van der Waals surface area contributed by atoms with Gasteiger partial charge in [0.2, 0.25) is 5.91 Å². The second-order valence-corrected chi connectivity index (χ2v) is 8.50. The van der Waals surface area contributed by atoms with Crippen LogP contribution < -0.4 is 0 Å². The molecule has 0 saturated carbocycles. The molecule has 2 fully saturated rings. The minimum Gasteiger partial charge on any atom is -0.468 e. The molecule has 0 radical (unpaired) electrons. The van der Waals surface area contributed by atoms with Gasteiger partial charge < -0.3 is 9.32 Å². The maximum absolute atomic E-state index is 12.7. The molecule has 0 spiro atoms. The summed E-state index contributed by atoms with van der Waals surface area (Å²) in [6.45, 7) is 7.76. The summed E-state index contributed by atoms with van der Waals surface area (Å²) in [6.07, 6.45) is 5.91. The lowest BCUT2D eigenvalue weighted by Crippen LogP contribution is -2.48. The number of rotatable bonds is 7. The summed E-state index contributed by atoms with van der Waals surface area (Å²) in [5, 5.41) is 0. The Kier molecular flexibility index (Phi) is 7.01. The Balaban J connectivity index is 1.16. The number of hydrogen-bond acceptors (Lipinski definition) is 4.